The number of ether oxygens (including phenoxy) is 1. The number of thioether (sulfide) groups is 1. The molecule has 0 spiro atoms. The van der Waals surface area contributed by atoms with Crippen LogP contribution < -0.4 is 15.0 Å². The van der Waals surface area contributed by atoms with Gasteiger partial charge in [0.1, 0.15) is 12.4 Å². The van der Waals surface area contributed by atoms with Crippen molar-refractivity contribution in [2.24, 2.45) is 4.99 Å². The number of allylic oxidation sites excluding steroid dienone is 2. The summed E-state index contributed by atoms with van der Waals surface area (Å²) in [4.78, 5) is 27.7. The first-order chi connectivity index (χ1) is 22.7. The van der Waals surface area contributed by atoms with Crippen LogP contribution in [0, 0.1) is 11.3 Å². The molecule has 0 saturated carbocycles. The molecule has 0 aromatic heterocycles. The number of nitriles is 1. The lowest BCUT2D eigenvalue weighted by atomic mass is 10.2. The van der Waals surface area contributed by atoms with Gasteiger partial charge in [-0.15, -0.1) is 12.6 Å². The standard InChI is InChI=1S/C36H45N7O2S2/c1-6-38-31-14-12-29(24-37)22-32(31)39-36(41(4)25-28-10-8-7-9-11-28)47-35(26-44)27(2)42(5)33-23-30(13-15-34(33)46)45-21-20-43-18-16-40(3)17-19-43/h7-15,22-23,26,38,46H,6,16-21,25H2,1-5H3/b35-27+,39-36?. The summed E-state index contributed by atoms with van der Waals surface area (Å²) in [5.74, 6) is 0.755. The highest BCUT2D eigenvalue weighted by atomic mass is 32.2. The lowest BCUT2D eigenvalue weighted by Gasteiger charge is -2.32. The van der Waals surface area contributed by atoms with Gasteiger partial charge in [-0.05, 0) is 68.6 Å². The summed E-state index contributed by atoms with van der Waals surface area (Å²) in [6.07, 6.45) is 0.869. The van der Waals surface area contributed by atoms with E-state index in [1.807, 2.05) is 80.2 Å². The van der Waals surface area contributed by atoms with Gasteiger partial charge in [0.15, 0.2) is 11.5 Å². The molecule has 0 bridgehead atoms. The second kappa shape index (κ2) is 17.8. The van der Waals surface area contributed by atoms with Gasteiger partial charge < -0.3 is 24.8 Å². The smallest absolute Gasteiger partial charge is 0.169 e. The number of hydrogen-bond acceptors (Lipinski definition) is 10. The maximum atomic E-state index is 12.7. The highest BCUT2D eigenvalue weighted by molar-refractivity contribution is 8.17. The minimum atomic E-state index is 0.502. The summed E-state index contributed by atoms with van der Waals surface area (Å²) < 4.78 is 6.16. The van der Waals surface area contributed by atoms with Crippen molar-refractivity contribution < 1.29 is 9.53 Å². The molecular formula is C36H45N7O2S2. The third-order valence-electron chi connectivity index (χ3n) is 8.05. The molecule has 248 valence electrons. The van der Waals surface area contributed by atoms with E-state index in [1.165, 1.54) is 11.8 Å². The molecule has 11 heteroatoms. The van der Waals surface area contributed by atoms with Crippen LogP contribution in [0.3, 0.4) is 0 Å². The van der Waals surface area contributed by atoms with E-state index in [0.29, 0.717) is 41.0 Å². The van der Waals surface area contributed by atoms with Crippen LogP contribution in [0.4, 0.5) is 17.1 Å². The van der Waals surface area contributed by atoms with Gasteiger partial charge in [0.2, 0.25) is 0 Å². The largest absolute Gasteiger partial charge is 0.492 e. The summed E-state index contributed by atoms with van der Waals surface area (Å²) in [6, 6.07) is 23.5. The predicted octanol–water partition coefficient (Wildman–Crippen LogP) is 6.32. The summed E-state index contributed by atoms with van der Waals surface area (Å²) in [7, 11) is 6.03. The Balaban J connectivity index is 1.61. The van der Waals surface area contributed by atoms with Crippen LogP contribution in [0.15, 0.2) is 87.2 Å². The number of anilines is 2. The number of nitrogens with zero attached hydrogens (tertiary/aromatic N) is 6. The van der Waals surface area contributed by atoms with E-state index in [2.05, 4.69) is 40.4 Å². The number of carbonyl (C=O) groups excluding carboxylic acids is 1. The Bertz CT molecular complexity index is 1600. The zero-order chi connectivity index (χ0) is 33.8. The number of hydrogen-bond donors (Lipinski definition) is 2. The molecule has 1 saturated heterocycles. The van der Waals surface area contributed by atoms with Crippen molar-refractivity contribution in [3.8, 4) is 11.8 Å². The number of likely N-dealkylation sites (N-methyl/N-ethyl adjacent to an activating group) is 1. The monoisotopic (exact) mass is 671 g/mol. The van der Waals surface area contributed by atoms with Crippen LogP contribution in [-0.2, 0) is 11.3 Å². The average molecular weight is 672 g/mol. The second-order valence-corrected chi connectivity index (χ2v) is 13.0. The van der Waals surface area contributed by atoms with Crippen molar-refractivity contribution in [1.29, 1.82) is 5.26 Å². The number of aldehydes is 1. The first-order valence-corrected chi connectivity index (χ1v) is 17.0. The van der Waals surface area contributed by atoms with E-state index in [0.717, 1.165) is 72.3 Å². The van der Waals surface area contributed by atoms with Gasteiger partial charge in [0, 0.05) is 76.6 Å². The lowest BCUT2D eigenvalue weighted by molar-refractivity contribution is -0.104. The summed E-state index contributed by atoms with van der Waals surface area (Å²) in [5.41, 5.74) is 4.63. The summed E-state index contributed by atoms with van der Waals surface area (Å²) in [5, 5.41) is 13.5. The van der Waals surface area contributed by atoms with Gasteiger partial charge in [0.25, 0.3) is 0 Å². The number of carbonyl (C=O) groups is 1. The molecule has 0 atom stereocenters. The predicted molar refractivity (Wildman–Crippen MR) is 198 cm³/mol. The Morgan fingerprint density at radius 3 is 2.53 bits per heavy atom. The van der Waals surface area contributed by atoms with Crippen LogP contribution >= 0.6 is 24.4 Å². The molecule has 47 heavy (non-hydrogen) atoms. The zero-order valence-corrected chi connectivity index (χ0v) is 29.7. The molecule has 3 aromatic carbocycles. The van der Waals surface area contributed by atoms with E-state index in [4.69, 9.17) is 22.4 Å². The first-order valence-electron chi connectivity index (χ1n) is 15.8. The fraction of sp³-hybridized carbons (Fsp3) is 0.361. The number of piperazine rings is 1. The fourth-order valence-electron chi connectivity index (χ4n) is 5.10. The highest BCUT2D eigenvalue weighted by Gasteiger charge is 2.19. The lowest BCUT2D eigenvalue weighted by Crippen LogP contribution is -2.45. The Hall–Kier alpha value is -3.95. The number of thiol groups is 1. The molecular weight excluding hydrogens is 627 g/mol. The van der Waals surface area contributed by atoms with E-state index in [1.54, 1.807) is 12.1 Å². The van der Waals surface area contributed by atoms with Crippen LogP contribution in [0.25, 0.3) is 0 Å². The van der Waals surface area contributed by atoms with Gasteiger partial charge in [0.05, 0.1) is 33.6 Å². The molecule has 0 unspecified atom stereocenters. The van der Waals surface area contributed by atoms with Gasteiger partial charge in [-0.2, -0.15) is 5.26 Å². The van der Waals surface area contributed by atoms with Crippen LogP contribution in [0.2, 0.25) is 0 Å². The maximum absolute atomic E-state index is 12.7. The van der Waals surface area contributed by atoms with Crippen molar-refractivity contribution in [3.05, 3.63) is 88.5 Å². The van der Waals surface area contributed by atoms with Crippen molar-refractivity contribution in [2.45, 2.75) is 25.3 Å². The number of amidine groups is 1. The van der Waals surface area contributed by atoms with E-state index < -0.39 is 0 Å². The quantitative estimate of drug-likeness (QED) is 0.0713. The molecule has 1 aliphatic rings. The van der Waals surface area contributed by atoms with Crippen molar-refractivity contribution in [1.82, 2.24) is 14.7 Å². The highest BCUT2D eigenvalue weighted by Crippen LogP contribution is 2.34. The summed E-state index contributed by atoms with van der Waals surface area (Å²) in [6.45, 7) is 10.9. The van der Waals surface area contributed by atoms with Gasteiger partial charge in [-0.3, -0.25) is 9.69 Å². The van der Waals surface area contributed by atoms with E-state index in [9.17, 15) is 10.1 Å². The van der Waals surface area contributed by atoms with Crippen molar-refractivity contribution in [2.75, 3.05) is 77.2 Å². The second-order valence-electron chi connectivity index (χ2n) is 11.5. The SMILES string of the molecule is CCNc1ccc(C#N)cc1N=C(S/C(C=O)=C(\C)N(C)c1cc(OCCN2CCN(C)CC2)ccc1S)N(C)Cc1ccccc1. The van der Waals surface area contributed by atoms with E-state index >= 15 is 0 Å². The molecule has 0 radical (unpaired) electrons. The molecule has 3 aromatic rings. The Kier molecular flexibility index (Phi) is 13.6. The fourth-order valence-corrected chi connectivity index (χ4v) is 6.28. The Labute approximate surface area is 289 Å². The maximum Gasteiger partial charge on any atom is 0.169 e. The molecule has 0 amide bonds. The number of nitrogens with one attached hydrogen (secondary N) is 1. The average Bonchev–Trinajstić information content (AvgIpc) is 3.08. The normalized spacial score (nSPS) is 14.6. The minimum Gasteiger partial charge on any atom is -0.492 e. The van der Waals surface area contributed by atoms with Gasteiger partial charge in [-0.1, -0.05) is 30.3 Å². The van der Waals surface area contributed by atoms with Crippen LogP contribution in [-0.4, -0.2) is 93.2 Å². The Morgan fingerprint density at radius 2 is 1.85 bits per heavy atom. The minimum absolute atomic E-state index is 0.502. The molecule has 0 aliphatic carbocycles. The molecule has 1 N–H and O–H groups in total. The number of rotatable bonds is 13. The molecule has 1 aliphatic heterocycles. The number of benzene rings is 3. The molecule has 4 rings (SSSR count). The molecule has 9 nitrogen and oxygen atoms in total. The number of aliphatic imine (C=N–C) groups is 1. The van der Waals surface area contributed by atoms with Gasteiger partial charge in [-0.25, -0.2) is 4.99 Å². The zero-order valence-electron chi connectivity index (χ0n) is 27.9. The van der Waals surface area contributed by atoms with Crippen LogP contribution in [0.1, 0.15) is 25.0 Å². The van der Waals surface area contributed by atoms with Crippen LogP contribution in [0.5, 0.6) is 5.75 Å². The Morgan fingerprint density at radius 1 is 1.11 bits per heavy atom. The summed E-state index contributed by atoms with van der Waals surface area (Å²) >= 11 is 6.03. The van der Waals surface area contributed by atoms with E-state index in [-0.39, 0.29) is 0 Å². The third-order valence-corrected chi connectivity index (χ3v) is 9.62. The third kappa shape index (κ3) is 10.3. The van der Waals surface area contributed by atoms with Crippen molar-refractivity contribution in [3.63, 3.8) is 0 Å². The molecule has 1 heterocycles. The first kappa shape index (κ1) is 35.9. The van der Waals surface area contributed by atoms with Crippen molar-refractivity contribution >= 4 is 52.9 Å². The molecule has 1 fully saturated rings. The topological polar surface area (TPSA) is 87.4 Å². The van der Waals surface area contributed by atoms with Gasteiger partial charge >= 0.3 is 0 Å².